The maximum absolute atomic E-state index is 12.9. The number of aromatic nitrogens is 3. The topological polar surface area (TPSA) is 83.1 Å². The van der Waals surface area contributed by atoms with Gasteiger partial charge in [0.15, 0.2) is 0 Å². The predicted octanol–water partition coefficient (Wildman–Crippen LogP) is 3.88. The monoisotopic (exact) mass is 402 g/mol. The van der Waals surface area contributed by atoms with Crippen LogP contribution in [0.5, 0.6) is 0 Å². The molecule has 1 N–H and O–H groups in total. The first-order chi connectivity index (χ1) is 14.6. The van der Waals surface area contributed by atoms with Crippen molar-refractivity contribution in [3.05, 3.63) is 60.0 Å². The largest absolute Gasteiger partial charge is 0.337 e. The molecule has 154 valence electrons. The van der Waals surface area contributed by atoms with Crippen LogP contribution < -0.4 is 10.2 Å². The highest BCUT2D eigenvalue weighted by atomic mass is 16.1. The summed E-state index contributed by atoms with van der Waals surface area (Å²) >= 11 is 0. The number of aryl methyl sites for hydroxylation is 1. The number of nitrogens with zero attached hydrogens (tertiary/aromatic N) is 5. The average molecular weight is 403 g/mol. The van der Waals surface area contributed by atoms with Crippen LogP contribution in [0.15, 0.2) is 59.1 Å². The van der Waals surface area contributed by atoms with Crippen molar-refractivity contribution in [2.45, 2.75) is 33.1 Å². The highest BCUT2D eigenvalue weighted by Gasteiger charge is 2.22. The van der Waals surface area contributed by atoms with Crippen molar-refractivity contribution in [3.63, 3.8) is 0 Å². The number of allylic oxidation sites excluding steroid dienone is 2. The number of hydrogen-bond donors (Lipinski definition) is 1. The molecule has 1 aliphatic heterocycles. The summed E-state index contributed by atoms with van der Waals surface area (Å²) in [6.07, 6.45) is 8.21. The normalized spacial score (nSPS) is 19.8. The highest BCUT2D eigenvalue weighted by molar-refractivity contribution is 6.11. The lowest BCUT2D eigenvalue weighted by Crippen LogP contribution is -2.16. The molecule has 0 spiro atoms. The Bertz CT molecular complexity index is 1010. The lowest BCUT2D eigenvalue weighted by Gasteiger charge is -2.13. The Balaban J connectivity index is 1.64. The van der Waals surface area contributed by atoms with Gasteiger partial charge in [0, 0.05) is 36.5 Å². The first kappa shape index (κ1) is 19.9. The fourth-order valence-electron chi connectivity index (χ4n) is 3.12. The molecular weight excluding hydrogens is 376 g/mol. The van der Waals surface area contributed by atoms with Crippen LogP contribution in [0.4, 0.5) is 17.6 Å². The molecule has 1 aromatic carbocycles. The third-order valence-electron chi connectivity index (χ3n) is 5.02. The van der Waals surface area contributed by atoms with E-state index in [0.29, 0.717) is 23.4 Å². The molecule has 7 nitrogen and oxygen atoms in total. The quantitative estimate of drug-likeness (QED) is 0.768. The molecular formula is C23H26N6O. The van der Waals surface area contributed by atoms with E-state index in [1.165, 1.54) is 0 Å². The maximum Gasteiger partial charge on any atom is 0.255 e. The second kappa shape index (κ2) is 8.98. The van der Waals surface area contributed by atoms with E-state index >= 15 is 0 Å². The zero-order valence-electron chi connectivity index (χ0n) is 17.4. The maximum atomic E-state index is 12.9. The lowest BCUT2D eigenvalue weighted by atomic mass is 9.97. The Labute approximate surface area is 176 Å². The fourth-order valence-corrected chi connectivity index (χ4v) is 3.12. The third kappa shape index (κ3) is 5.17. The van der Waals surface area contributed by atoms with Gasteiger partial charge in [0.1, 0.15) is 5.82 Å². The van der Waals surface area contributed by atoms with Crippen LogP contribution in [0.25, 0.3) is 0 Å². The van der Waals surface area contributed by atoms with Gasteiger partial charge in [0.05, 0.1) is 0 Å². The Morgan fingerprint density at radius 3 is 2.73 bits per heavy atom. The van der Waals surface area contributed by atoms with Gasteiger partial charge in [-0.3, -0.25) is 4.79 Å². The van der Waals surface area contributed by atoms with E-state index < -0.39 is 0 Å². The van der Waals surface area contributed by atoms with Gasteiger partial charge in [0.25, 0.3) is 11.9 Å². The van der Waals surface area contributed by atoms with E-state index in [2.05, 4.69) is 38.2 Å². The first-order valence-corrected chi connectivity index (χ1v) is 10.4. The van der Waals surface area contributed by atoms with E-state index in [1.807, 2.05) is 49.4 Å². The van der Waals surface area contributed by atoms with Crippen LogP contribution in [0.2, 0.25) is 0 Å². The van der Waals surface area contributed by atoms with E-state index in [0.717, 1.165) is 49.6 Å². The second-order valence-electron chi connectivity index (χ2n) is 7.59. The van der Waals surface area contributed by atoms with Crippen LogP contribution >= 0.6 is 0 Å². The van der Waals surface area contributed by atoms with Gasteiger partial charge in [-0.2, -0.15) is 15.0 Å². The number of benzene rings is 1. The molecule has 0 radical (unpaired) electrons. The molecule has 1 unspecified atom stereocenters. The van der Waals surface area contributed by atoms with Crippen LogP contribution in [-0.4, -0.2) is 39.7 Å². The van der Waals surface area contributed by atoms with E-state index in [1.54, 1.807) is 0 Å². The number of carbonyl (C=O) groups is 1. The molecule has 4 rings (SSSR count). The summed E-state index contributed by atoms with van der Waals surface area (Å²) in [7, 11) is 0. The number of amides is 1. The Kier molecular flexibility index (Phi) is 5.97. The van der Waals surface area contributed by atoms with E-state index in [-0.39, 0.29) is 5.91 Å². The summed E-state index contributed by atoms with van der Waals surface area (Å²) < 4.78 is 0. The lowest BCUT2D eigenvalue weighted by molar-refractivity contribution is -0.112. The number of para-hydroxylation sites is 1. The van der Waals surface area contributed by atoms with Crippen LogP contribution in [0, 0.1) is 5.92 Å². The van der Waals surface area contributed by atoms with E-state index in [9.17, 15) is 4.79 Å². The van der Waals surface area contributed by atoms with Gasteiger partial charge in [-0.15, -0.1) is 0 Å². The molecule has 1 aromatic heterocycles. The average Bonchev–Trinajstić information content (AvgIpc) is 3.59. The van der Waals surface area contributed by atoms with Crippen molar-refractivity contribution in [1.82, 2.24) is 15.0 Å². The standard InChI is InChI=1S/C23H26N6O/c1-3-20-26-22(28-23(27-20)29-13-14-29)25-19-12-10-16(2)9-11-17(15-19)21(30)24-18-7-5-4-6-8-18/h4-9,11,15-16H,3,10,12-14H2,1-2H3,(H,24,30). The minimum absolute atomic E-state index is 0.158. The Hall–Kier alpha value is -3.35. The SMILES string of the molecule is CCc1nc(N=C2C=C(C(=O)Nc3ccccc3)C=CC(C)CC2)nc(N2CC2)n1. The Morgan fingerprint density at radius 2 is 2.00 bits per heavy atom. The molecule has 2 heterocycles. The van der Waals surface area contributed by atoms with Crippen LogP contribution in [-0.2, 0) is 11.2 Å². The van der Waals surface area contributed by atoms with Gasteiger partial charge in [-0.05, 0) is 37.0 Å². The molecule has 1 saturated heterocycles. The minimum Gasteiger partial charge on any atom is -0.337 e. The molecule has 1 aliphatic carbocycles. The molecule has 1 amide bonds. The van der Waals surface area contributed by atoms with Crippen LogP contribution in [0.1, 0.15) is 32.5 Å². The van der Waals surface area contributed by atoms with Crippen molar-refractivity contribution in [3.8, 4) is 0 Å². The molecule has 0 bridgehead atoms. The van der Waals surface area contributed by atoms with Gasteiger partial charge in [0.2, 0.25) is 5.95 Å². The van der Waals surface area contributed by atoms with Crippen molar-refractivity contribution in [2.75, 3.05) is 23.3 Å². The fraction of sp³-hybridized carbons (Fsp3) is 0.348. The van der Waals surface area contributed by atoms with Gasteiger partial charge in [-0.25, -0.2) is 4.99 Å². The Morgan fingerprint density at radius 1 is 1.20 bits per heavy atom. The van der Waals surface area contributed by atoms with Crippen molar-refractivity contribution in [2.24, 2.45) is 10.9 Å². The predicted molar refractivity (Wildman–Crippen MR) is 119 cm³/mol. The van der Waals surface area contributed by atoms with Gasteiger partial charge >= 0.3 is 0 Å². The van der Waals surface area contributed by atoms with Crippen molar-refractivity contribution < 1.29 is 4.79 Å². The number of nitrogens with one attached hydrogen (secondary N) is 1. The summed E-state index contributed by atoms with van der Waals surface area (Å²) in [5.41, 5.74) is 2.13. The van der Waals surface area contributed by atoms with E-state index in [4.69, 9.17) is 4.99 Å². The van der Waals surface area contributed by atoms with Gasteiger partial charge < -0.3 is 10.2 Å². The molecule has 30 heavy (non-hydrogen) atoms. The summed E-state index contributed by atoms with van der Waals surface area (Å²) in [5, 5.41) is 2.95. The number of anilines is 2. The molecule has 1 fully saturated rings. The molecule has 0 saturated carbocycles. The summed E-state index contributed by atoms with van der Waals surface area (Å²) in [6, 6.07) is 9.45. The first-order valence-electron chi connectivity index (χ1n) is 10.4. The smallest absolute Gasteiger partial charge is 0.255 e. The number of hydrogen-bond acceptors (Lipinski definition) is 6. The third-order valence-corrected chi connectivity index (χ3v) is 5.02. The number of carbonyl (C=O) groups excluding carboxylic acids is 1. The van der Waals surface area contributed by atoms with Crippen molar-refractivity contribution >= 4 is 29.2 Å². The van der Waals surface area contributed by atoms with Crippen LogP contribution in [0.3, 0.4) is 0 Å². The highest BCUT2D eigenvalue weighted by Crippen LogP contribution is 2.21. The van der Waals surface area contributed by atoms with Crippen molar-refractivity contribution in [1.29, 1.82) is 0 Å². The summed E-state index contributed by atoms with van der Waals surface area (Å²) in [4.78, 5) is 33.1. The van der Waals surface area contributed by atoms with Gasteiger partial charge in [-0.1, -0.05) is 44.2 Å². The summed E-state index contributed by atoms with van der Waals surface area (Å²) in [5.74, 6) is 2.02. The number of aliphatic imine (C=N–C) groups is 1. The molecule has 2 aromatic rings. The molecule has 1 atom stereocenters. The zero-order chi connectivity index (χ0) is 20.9. The number of rotatable bonds is 5. The minimum atomic E-state index is -0.158. The molecule has 2 aliphatic rings. The molecule has 7 heteroatoms. The summed E-state index contributed by atoms with van der Waals surface area (Å²) in [6.45, 7) is 6.10. The zero-order valence-corrected chi connectivity index (χ0v) is 17.4. The second-order valence-corrected chi connectivity index (χ2v) is 7.59.